The molecule has 8 heteroatoms. The van der Waals surface area contributed by atoms with Gasteiger partial charge in [-0.05, 0) is 98.7 Å². The Morgan fingerprint density at radius 3 is 2.02 bits per heavy atom. The van der Waals surface area contributed by atoms with E-state index in [1.165, 1.54) is 26.4 Å². The average molecular weight is 607 g/mol. The number of esters is 3. The molecule has 0 aromatic heterocycles. The highest BCUT2D eigenvalue weighted by Crippen LogP contribution is 2.69. The molecule has 4 aliphatic carbocycles. The topological polar surface area (TPSA) is 78.9 Å². The van der Waals surface area contributed by atoms with Crippen LogP contribution in [0, 0.1) is 46.3 Å². The predicted molar refractivity (Wildman–Crippen MR) is 167 cm³/mol. The van der Waals surface area contributed by atoms with Gasteiger partial charge in [-0.2, -0.15) is 0 Å². The van der Waals surface area contributed by atoms with Crippen LogP contribution in [0.15, 0.2) is 0 Å². The summed E-state index contributed by atoms with van der Waals surface area (Å²) in [7, 11) is 13.6. The molecule has 10 atom stereocenters. The number of fused-ring (bicyclic) bond motifs is 5. The van der Waals surface area contributed by atoms with Gasteiger partial charge in [0.15, 0.2) is 13.1 Å². The first kappa shape index (κ1) is 34.2. The summed E-state index contributed by atoms with van der Waals surface area (Å²) in [6.07, 6.45) is 9.64. The number of nitrogens with zero attached hydrogens (tertiary/aromatic N) is 2. The molecule has 4 rings (SSSR count). The van der Waals surface area contributed by atoms with Gasteiger partial charge in [-0.1, -0.05) is 20.8 Å². The number of carbonyl (C=O) groups is 3. The van der Waals surface area contributed by atoms with Crippen molar-refractivity contribution in [2.24, 2.45) is 46.3 Å². The van der Waals surface area contributed by atoms with E-state index >= 15 is 0 Å². The van der Waals surface area contributed by atoms with Gasteiger partial charge < -0.3 is 23.2 Å². The second-order valence-corrected chi connectivity index (χ2v) is 17.3. The van der Waals surface area contributed by atoms with E-state index in [9.17, 15) is 14.4 Å². The van der Waals surface area contributed by atoms with Crippen molar-refractivity contribution >= 4 is 17.9 Å². The molecule has 0 aromatic carbocycles. The van der Waals surface area contributed by atoms with Crippen LogP contribution >= 0.6 is 0 Å². The third-order valence-electron chi connectivity index (χ3n) is 12.3. The minimum atomic E-state index is -0.147. The van der Waals surface area contributed by atoms with E-state index in [4.69, 9.17) is 14.2 Å². The normalized spacial score (nSPS) is 38.2. The van der Waals surface area contributed by atoms with Crippen molar-refractivity contribution in [3.8, 4) is 0 Å². The summed E-state index contributed by atoms with van der Waals surface area (Å²) >= 11 is 0. The molecule has 0 N–H and O–H groups in total. The van der Waals surface area contributed by atoms with Gasteiger partial charge in [0.05, 0.1) is 49.4 Å². The highest BCUT2D eigenvalue weighted by molar-refractivity contribution is 5.71. The molecule has 0 amide bonds. The first-order valence-corrected chi connectivity index (χ1v) is 16.9. The van der Waals surface area contributed by atoms with Crippen LogP contribution in [0.5, 0.6) is 0 Å². The lowest BCUT2D eigenvalue weighted by molar-refractivity contribution is -0.862. The van der Waals surface area contributed by atoms with Crippen LogP contribution in [0.4, 0.5) is 0 Å². The molecule has 8 nitrogen and oxygen atoms in total. The first-order chi connectivity index (χ1) is 19.9. The largest absolute Gasteiger partial charge is 0.469 e. The minimum absolute atomic E-state index is 0.00670. The van der Waals surface area contributed by atoms with E-state index in [0.717, 1.165) is 38.5 Å². The maximum absolute atomic E-state index is 13.4. The minimum Gasteiger partial charge on any atom is -0.469 e. The van der Waals surface area contributed by atoms with E-state index in [1.807, 2.05) is 42.3 Å². The summed E-state index contributed by atoms with van der Waals surface area (Å²) in [5.41, 5.74) is 0.0605. The number of quaternary nitrogens is 2. The average Bonchev–Trinajstić information content (AvgIpc) is 3.24. The van der Waals surface area contributed by atoms with Crippen LogP contribution in [-0.2, 0) is 28.6 Å². The van der Waals surface area contributed by atoms with Crippen LogP contribution in [0.3, 0.4) is 0 Å². The molecule has 0 aromatic rings. The fourth-order valence-electron chi connectivity index (χ4n) is 10.2. The van der Waals surface area contributed by atoms with Gasteiger partial charge in [0.2, 0.25) is 0 Å². The van der Waals surface area contributed by atoms with Crippen LogP contribution in [0.2, 0.25) is 0 Å². The number of rotatable bonds is 10. The molecule has 4 aliphatic rings. The number of carbonyl (C=O) groups excluding carboxylic acids is 3. The predicted octanol–water partition coefficient (Wildman–Crippen LogP) is 5.08. The summed E-state index contributed by atoms with van der Waals surface area (Å²) < 4.78 is 18.7. The van der Waals surface area contributed by atoms with Crippen LogP contribution in [-0.4, -0.2) is 102 Å². The lowest BCUT2D eigenvalue weighted by Gasteiger charge is -2.62. The summed E-state index contributed by atoms with van der Waals surface area (Å²) in [6, 6.07) is 0. The Morgan fingerprint density at radius 1 is 0.791 bits per heavy atom. The molecular formula is C35H62N2O6+2. The molecule has 4 fully saturated rings. The summed E-state index contributed by atoms with van der Waals surface area (Å²) in [6.45, 7) is 7.95. The SMILES string of the molecule is COC(=O)CC[C@@H](C)[C@H]1CC[C@H]2[C@@H]3CC[C@@H]4C[C@H](OC(=O)C[N+](C)(C)C)CC[C@]4(C)[C@H]3C[C@H](OC(=O)C[N+](C)(C)C)[C@]12C. The van der Waals surface area contributed by atoms with Crippen molar-refractivity contribution in [2.75, 3.05) is 62.5 Å². The quantitative estimate of drug-likeness (QED) is 0.196. The number of methoxy groups -OCH3 is 1. The van der Waals surface area contributed by atoms with Gasteiger partial charge in [0, 0.05) is 11.8 Å². The third kappa shape index (κ3) is 7.43. The molecule has 43 heavy (non-hydrogen) atoms. The number of ether oxygens (including phenoxy) is 3. The standard InChI is InChI=1S/C35H62N2O6/c1-23(11-16-31(38)41-10)27-14-15-28-26-13-12-24-19-25(42-32(39)21-36(4,5)6)17-18-34(24,2)29(26)20-30(35(27,28)3)43-33(40)22-37(7,8)9/h23-30H,11-22H2,1-10H3/q+2/t23-,24-,25-,26+,27-,28+,29+,30+,34+,35-/m1/s1. The lowest BCUT2D eigenvalue weighted by atomic mass is 9.43. The molecule has 0 aliphatic heterocycles. The van der Waals surface area contributed by atoms with E-state index < -0.39 is 0 Å². The second-order valence-electron chi connectivity index (χ2n) is 17.3. The second kappa shape index (κ2) is 12.6. The zero-order valence-electron chi connectivity index (χ0n) is 28.9. The summed E-state index contributed by atoms with van der Waals surface area (Å²) in [5.74, 6) is 2.57. The van der Waals surface area contributed by atoms with Gasteiger partial charge in [-0.15, -0.1) is 0 Å². The summed E-state index contributed by atoms with van der Waals surface area (Å²) in [4.78, 5) is 38.1. The smallest absolute Gasteiger partial charge is 0.362 e. The number of hydrogen-bond donors (Lipinski definition) is 0. The van der Waals surface area contributed by atoms with Crippen LogP contribution in [0.1, 0.15) is 85.0 Å². The lowest BCUT2D eigenvalue weighted by Crippen LogP contribution is -2.60. The molecule has 0 saturated heterocycles. The molecule has 0 spiro atoms. The van der Waals surface area contributed by atoms with E-state index in [1.54, 1.807) is 0 Å². The Labute approximate surface area is 261 Å². The monoisotopic (exact) mass is 606 g/mol. The zero-order chi connectivity index (χ0) is 32.0. The fraction of sp³-hybridized carbons (Fsp3) is 0.914. The first-order valence-electron chi connectivity index (χ1n) is 16.9. The van der Waals surface area contributed by atoms with E-state index in [0.29, 0.717) is 64.0 Å². The Balaban J connectivity index is 1.56. The molecular weight excluding hydrogens is 544 g/mol. The van der Waals surface area contributed by atoms with Crippen molar-refractivity contribution in [1.82, 2.24) is 0 Å². The Morgan fingerprint density at radius 2 is 1.42 bits per heavy atom. The molecule has 0 bridgehead atoms. The summed E-state index contributed by atoms with van der Waals surface area (Å²) in [5, 5.41) is 0. The molecule has 4 saturated carbocycles. The molecule has 246 valence electrons. The van der Waals surface area contributed by atoms with E-state index in [2.05, 4.69) is 20.8 Å². The number of likely N-dealkylation sites (N-methyl/N-ethyl adjacent to an activating group) is 2. The molecule has 0 unspecified atom stereocenters. The Bertz CT molecular complexity index is 1030. The van der Waals surface area contributed by atoms with Crippen molar-refractivity contribution in [3.05, 3.63) is 0 Å². The third-order valence-corrected chi connectivity index (χ3v) is 12.3. The van der Waals surface area contributed by atoms with Gasteiger partial charge in [-0.3, -0.25) is 4.79 Å². The van der Waals surface area contributed by atoms with Crippen LogP contribution < -0.4 is 0 Å². The molecule has 0 heterocycles. The van der Waals surface area contributed by atoms with Crippen molar-refractivity contribution in [2.45, 2.75) is 97.2 Å². The van der Waals surface area contributed by atoms with Gasteiger partial charge >= 0.3 is 17.9 Å². The molecule has 0 radical (unpaired) electrons. The van der Waals surface area contributed by atoms with Crippen LogP contribution in [0.25, 0.3) is 0 Å². The van der Waals surface area contributed by atoms with Crippen molar-refractivity contribution in [1.29, 1.82) is 0 Å². The highest BCUT2D eigenvalue weighted by Gasteiger charge is 2.65. The van der Waals surface area contributed by atoms with Gasteiger partial charge in [0.25, 0.3) is 0 Å². The van der Waals surface area contributed by atoms with Gasteiger partial charge in [-0.25, -0.2) is 9.59 Å². The maximum Gasteiger partial charge on any atom is 0.362 e. The van der Waals surface area contributed by atoms with E-state index in [-0.39, 0.29) is 40.9 Å². The van der Waals surface area contributed by atoms with Crippen molar-refractivity contribution < 1.29 is 37.6 Å². The van der Waals surface area contributed by atoms with Gasteiger partial charge in [0.1, 0.15) is 12.2 Å². The maximum atomic E-state index is 13.4. The highest BCUT2D eigenvalue weighted by atomic mass is 16.6. The Hall–Kier alpha value is -1.67. The number of hydrogen-bond acceptors (Lipinski definition) is 6. The zero-order valence-corrected chi connectivity index (χ0v) is 28.9. The Kier molecular flexibility index (Phi) is 10.0. The fourth-order valence-corrected chi connectivity index (χ4v) is 10.2. The van der Waals surface area contributed by atoms with Crippen molar-refractivity contribution in [3.63, 3.8) is 0 Å².